The lowest BCUT2D eigenvalue weighted by Crippen LogP contribution is -2.40. The van der Waals surface area contributed by atoms with E-state index in [1.807, 2.05) is 0 Å². The smallest absolute Gasteiger partial charge is 0.156 e. The van der Waals surface area contributed by atoms with E-state index in [-0.39, 0.29) is 11.5 Å². The van der Waals surface area contributed by atoms with Gasteiger partial charge >= 0.3 is 0 Å². The predicted molar refractivity (Wildman–Crippen MR) is 69.9 cm³/mol. The molecule has 17 heavy (non-hydrogen) atoms. The monoisotopic (exact) mass is 323 g/mol. The summed E-state index contributed by atoms with van der Waals surface area (Å²) in [6, 6.07) is 4.08. The maximum atomic E-state index is 13.1. The van der Waals surface area contributed by atoms with E-state index in [9.17, 15) is 12.8 Å². The molecule has 0 aliphatic heterocycles. The highest BCUT2D eigenvalue weighted by molar-refractivity contribution is 9.10. The van der Waals surface area contributed by atoms with Gasteiger partial charge in [0.25, 0.3) is 0 Å². The summed E-state index contributed by atoms with van der Waals surface area (Å²) >= 11 is 3.12. The van der Waals surface area contributed by atoms with Crippen LogP contribution in [-0.4, -0.2) is 19.7 Å². The summed E-state index contributed by atoms with van der Waals surface area (Å²) in [5.74, 6) is -0.797. The largest absolute Gasteiger partial charge is 0.325 e. The van der Waals surface area contributed by atoms with Crippen molar-refractivity contribution in [3.63, 3.8) is 0 Å². The van der Waals surface area contributed by atoms with Gasteiger partial charge in [0.05, 0.1) is 11.5 Å². The van der Waals surface area contributed by atoms with Crippen molar-refractivity contribution in [2.75, 3.05) is 5.75 Å². The minimum absolute atomic E-state index is 0.131. The van der Waals surface area contributed by atoms with Crippen LogP contribution in [0.3, 0.4) is 0 Å². The Morgan fingerprint density at radius 2 is 1.94 bits per heavy atom. The second-order valence-electron chi connectivity index (χ2n) is 4.80. The Morgan fingerprint density at radius 3 is 2.41 bits per heavy atom. The van der Waals surface area contributed by atoms with Crippen LogP contribution in [0.5, 0.6) is 0 Å². The number of rotatable bonds is 4. The van der Waals surface area contributed by atoms with Crippen LogP contribution < -0.4 is 5.73 Å². The number of nitrogens with two attached hydrogens (primary N) is 1. The highest BCUT2D eigenvalue weighted by atomic mass is 79.9. The maximum absolute atomic E-state index is 13.1. The average molecular weight is 324 g/mol. The normalized spacial score (nSPS) is 12.8. The molecule has 0 saturated heterocycles. The van der Waals surface area contributed by atoms with Gasteiger partial charge in [-0.2, -0.15) is 0 Å². The Bertz CT molecular complexity index is 488. The topological polar surface area (TPSA) is 60.2 Å². The van der Waals surface area contributed by atoms with Crippen molar-refractivity contribution >= 4 is 25.8 Å². The molecule has 3 nitrogen and oxygen atoms in total. The first-order valence-electron chi connectivity index (χ1n) is 5.02. The summed E-state index contributed by atoms with van der Waals surface area (Å²) in [5, 5.41) is 0. The number of halogens is 2. The molecule has 0 aliphatic rings. The predicted octanol–water partition coefficient (Wildman–Crippen LogP) is 2.24. The molecular formula is C11H15BrFNO2S. The van der Waals surface area contributed by atoms with E-state index < -0.39 is 21.2 Å². The van der Waals surface area contributed by atoms with E-state index in [1.54, 1.807) is 19.9 Å². The van der Waals surface area contributed by atoms with Crippen LogP contribution in [0.25, 0.3) is 0 Å². The molecule has 0 atom stereocenters. The zero-order valence-corrected chi connectivity index (χ0v) is 12.1. The molecule has 0 bridgehead atoms. The molecule has 1 aromatic rings. The molecule has 0 amide bonds. The van der Waals surface area contributed by atoms with Crippen LogP contribution in [-0.2, 0) is 15.6 Å². The Morgan fingerprint density at radius 1 is 1.35 bits per heavy atom. The van der Waals surface area contributed by atoms with Gasteiger partial charge in [-0.1, -0.05) is 15.9 Å². The Labute approximate surface area is 109 Å². The molecule has 6 heteroatoms. The number of hydrogen-bond donors (Lipinski definition) is 1. The maximum Gasteiger partial charge on any atom is 0.156 e. The SMILES string of the molecule is CC(C)(N)CS(=O)(=O)Cc1cc(F)cc(Br)c1. The first-order valence-corrected chi connectivity index (χ1v) is 7.63. The van der Waals surface area contributed by atoms with Crippen LogP contribution in [0, 0.1) is 5.82 Å². The van der Waals surface area contributed by atoms with Gasteiger partial charge < -0.3 is 5.73 Å². The molecule has 96 valence electrons. The molecular weight excluding hydrogens is 309 g/mol. The fraction of sp³-hybridized carbons (Fsp3) is 0.455. The standard InChI is InChI=1S/C11H15BrFNO2S/c1-11(2,14)7-17(15,16)6-8-3-9(12)5-10(13)4-8/h3-5H,6-7,14H2,1-2H3. The number of sulfone groups is 1. The Balaban J connectivity index is 2.91. The fourth-order valence-corrected chi connectivity index (χ4v) is 3.99. The van der Waals surface area contributed by atoms with E-state index in [4.69, 9.17) is 5.73 Å². The zero-order chi connectivity index (χ0) is 13.3. The molecule has 1 rings (SSSR count). The van der Waals surface area contributed by atoms with Gasteiger partial charge in [-0.15, -0.1) is 0 Å². The number of benzene rings is 1. The second-order valence-corrected chi connectivity index (χ2v) is 7.78. The first-order chi connectivity index (χ1) is 7.57. The lowest BCUT2D eigenvalue weighted by atomic mass is 10.1. The van der Waals surface area contributed by atoms with Gasteiger partial charge in [0.1, 0.15) is 5.82 Å². The van der Waals surface area contributed by atoms with Crippen molar-refractivity contribution in [3.8, 4) is 0 Å². The quantitative estimate of drug-likeness (QED) is 0.924. The molecule has 0 spiro atoms. The third-order valence-corrected chi connectivity index (χ3v) is 4.32. The molecule has 0 heterocycles. The van der Waals surface area contributed by atoms with Crippen molar-refractivity contribution < 1.29 is 12.8 Å². The zero-order valence-electron chi connectivity index (χ0n) is 9.70. The third kappa shape index (κ3) is 5.61. The second kappa shape index (κ2) is 5.04. The molecule has 1 aromatic carbocycles. The lowest BCUT2D eigenvalue weighted by molar-refractivity contribution is 0.544. The molecule has 0 fully saturated rings. The molecule has 0 radical (unpaired) electrons. The minimum atomic E-state index is -3.34. The summed E-state index contributed by atoms with van der Waals surface area (Å²) in [5.41, 5.74) is 5.30. The van der Waals surface area contributed by atoms with E-state index in [2.05, 4.69) is 15.9 Å². The minimum Gasteiger partial charge on any atom is -0.325 e. The first kappa shape index (κ1) is 14.6. The summed E-state index contributed by atoms with van der Waals surface area (Å²) in [6.07, 6.45) is 0. The van der Waals surface area contributed by atoms with E-state index in [0.717, 1.165) is 0 Å². The van der Waals surface area contributed by atoms with Gasteiger partial charge in [-0.25, -0.2) is 12.8 Å². The lowest BCUT2D eigenvalue weighted by Gasteiger charge is -2.18. The van der Waals surface area contributed by atoms with Crippen molar-refractivity contribution in [3.05, 3.63) is 34.1 Å². The van der Waals surface area contributed by atoms with E-state index in [0.29, 0.717) is 10.0 Å². The van der Waals surface area contributed by atoms with Crippen LogP contribution >= 0.6 is 15.9 Å². The molecule has 0 unspecified atom stereocenters. The highest BCUT2D eigenvalue weighted by Crippen LogP contribution is 2.18. The van der Waals surface area contributed by atoms with Crippen molar-refractivity contribution in [2.45, 2.75) is 25.1 Å². The fourth-order valence-electron chi connectivity index (χ4n) is 1.57. The van der Waals surface area contributed by atoms with Gasteiger partial charge in [-0.3, -0.25) is 0 Å². The molecule has 0 aliphatic carbocycles. The van der Waals surface area contributed by atoms with Crippen LogP contribution in [0.2, 0.25) is 0 Å². The summed E-state index contributed by atoms with van der Waals surface area (Å²) < 4.78 is 37.3. The highest BCUT2D eigenvalue weighted by Gasteiger charge is 2.22. The summed E-state index contributed by atoms with van der Waals surface area (Å²) in [6.45, 7) is 3.29. The molecule has 2 N–H and O–H groups in total. The van der Waals surface area contributed by atoms with E-state index >= 15 is 0 Å². The van der Waals surface area contributed by atoms with E-state index in [1.165, 1.54) is 12.1 Å². The van der Waals surface area contributed by atoms with Crippen molar-refractivity contribution in [1.29, 1.82) is 0 Å². The van der Waals surface area contributed by atoms with Crippen molar-refractivity contribution in [1.82, 2.24) is 0 Å². The van der Waals surface area contributed by atoms with Gasteiger partial charge in [0.15, 0.2) is 9.84 Å². The van der Waals surface area contributed by atoms with Gasteiger partial charge in [-0.05, 0) is 37.6 Å². The van der Waals surface area contributed by atoms with Gasteiger partial charge in [0.2, 0.25) is 0 Å². The van der Waals surface area contributed by atoms with Crippen LogP contribution in [0.15, 0.2) is 22.7 Å². The van der Waals surface area contributed by atoms with Crippen LogP contribution in [0.1, 0.15) is 19.4 Å². The Kier molecular flexibility index (Phi) is 4.33. The Hall–Kier alpha value is -0.460. The number of hydrogen-bond acceptors (Lipinski definition) is 3. The molecule has 0 aromatic heterocycles. The third-order valence-electron chi connectivity index (χ3n) is 1.90. The molecule has 0 saturated carbocycles. The summed E-state index contributed by atoms with van der Waals surface area (Å²) in [7, 11) is -3.34. The van der Waals surface area contributed by atoms with Crippen LogP contribution in [0.4, 0.5) is 4.39 Å². The van der Waals surface area contributed by atoms with Gasteiger partial charge in [0, 0.05) is 10.0 Å². The summed E-state index contributed by atoms with van der Waals surface area (Å²) in [4.78, 5) is 0. The van der Waals surface area contributed by atoms with Crippen molar-refractivity contribution in [2.24, 2.45) is 5.73 Å². The average Bonchev–Trinajstić information content (AvgIpc) is 1.93.